The van der Waals surface area contributed by atoms with Gasteiger partial charge >= 0.3 is 0 Å². The molecule has 2 aromatic heterocycles. The van der Waals surface area contributed by atoms with Crippen LogP contribution in [0.1, 0.15) is 36.9 Å². The summed E-state index contributed by atoms with van der Waals surface area (Å²) in [4.78, 5) is 29.8. The fraction of sp³-hybridized carbons (Fsp3) is 0.0870. The van der Waals surface area contributed by atoms with Crippen LogP contribution in [0.15, 0.2) is 65.4 Å². The zero-order chi connectivity index (χ0) is 22.7. The third-order valence-corrected chi connectivity index (χ3v) is 5.56. The second kappa shape index (κ2) is 9.11. The van der Waals surface area contributed by atoms with Crippen LogP contribution in [0, 0.1) is 18.6 Å². The van der Waals surface area contributed by atoms with Gasteiger partial charge in [-0.25, -0.2) is 13.8 Å². The van der Waals surface area contributed by atoms with Gasteiger partial charge in [-0.15, -0.1) is 11.3 Å². The SMILES string of the molecule is Cc1ccc(C(=O)Nc2ncc(Cc3ccc(F)cc3F)s2)cc1NC(=O)c1ccco1. The fourth-order valence-corrected chi connectivity index (χ4v) is 3.79. The number of hydrogen-bond acceptors (Lipinski definition) is 5. The zero-order valence-electron chi connectivity index (χ0n) is 16.8. The van der Waals surface area contributed by atoms with Crippen LogP contribution < -0.4 is 10.6 Å². The molecule has 0 aliphatic rings. The number of anilines is 2. The maximum absolute atomic E-state index is 13.9. The first-order chi connectivity index (χ1) is 15.4. The molecule has 0 unspecified atom stereocenters. The molecule has 2 amide bonds. The van der Waals surface area contributed by atoms with Crippen LogP contribution in [-0.2, 0) is 6.42 Å². The number of hydrogen-bond donors (Lipinski definition) is 2. The molecule has 4 rings (SSSR count). The molecular weight excluding hydrogens is 436 g/mol. The van der Waals surface area contributed by atoms with Gasteiger partial charge in [-0.3, -0.25) is 14.9 Å². The van der Waals surface area contributed by atoms with E-state index in [1.165, 1.54) is 35.9 Å². The molecule has 9 heteroatoms. The summed E-state index contributed by atoms with van der Waals surface area (Å²) in [5.41, 5.74) is 1.92. The Labute approximate surface area is 185 Å². The number of carbonyl (C=O) groups excluding carboxylic acids is 2. The van der Waals surface area contributed by atoms with Crippen molar-refractivity contribution in [1.29, 1.82) is 0 Å². The molecule has 0 aliphatic carbocycles. The highest BCUT2D eigenvalue weighted by Gasteiger charge is 2.15. The highest BCUT2D eigenvalue weighted by molar-refractivity contribution is 7.15. The summed E-state index contributed by atoms with van der Waals surface area (Å²) in [6.07, 6.45) is 3.17. The average Bonchev–Trinajstić information content (AvgIpc) is 3.44. The van der Waals surface area contributed by atoms with E-state index >= 15 is 0 Å². The number of aromatic nitrogens is 1. The quantitative estimate of drug-likeness (QED) is 0.408. The van der Waals surface area contributed by atoms with E-state index in [9.17, 15) is 18.4 Å². The van der Waals surface area contributed by atoms with E-state index in [0.717, 1.165) is 11.6 Å². The Morgan fingerprint density at radius 2 is 1.91 bits per heavy atom. The monoisotopic (exact) mass is 453 g/mol. The lowest BCUT2D eigenvalue weighted by Gasteiger charge is -2.09. The summed E-state index contributed by atoms with van der Waals surface area (Å²) in [7, 11) is 0. The van der Waals surface area contributed by atoms with Gasteiger partial charge < -0.3 is 9.73 Å². The number of carbonyl (C=O) groups is 2. The van der Waals surface area contributed by atoms with Gasteiger partial charge in [0.15, 0.2) is 10.9 Å². The van der Waals surface area contributed by atoms with E-state index < -0.39 is 23.4 Å². The first-order valence-corrected chi connectivity index (χ1v) is 10.4. The molecule has 0 atom stereocenters. The van der Waals surface area contributed by atoms with Crippen molar-refractivity contribution in [3.63, 3.8) is 0 Å². The standard InChI is InChI=1S/C23H17F2N3O3S/c1-13-4-5-15(10-19(13)27-22(30)20-3-2-8-31-20)21(29)28-23-26-12-17(32-23)9-14-6-7-16(24)11-18(14)25/h2-8,10-12H,9H2,1H3,(H,27,30)(H,26,28,29). The molecule has 0 spiro atoms. The lowest BCUT2D eigenvalue weighted by molar-refractivity contribution is 0.0993. The van der Waals surface area contributed by atoms with E-state index in [-0.39, 0.29) is 12.2 Å². The summed E-state index contributed by atoms with van der Waals surface area (Å²) in [6.45, 7) is 1.81. The number of benzene rings is 2. The second-order valence-electron chi connectivity index (χ2n) is 6.96. The lowest BCUT2D eigenvalue weighted by atomic mass is 10.1. The molecule has 162 valence electrons. The molecule has 0 aliphatic heterocycles. The van der Waals surface area contributed by atoms with Crippen molar-refractivity contribution >= 4 is 34.0 Å². The second-order valence-corrected chi connectivity index (χ2v) is 8.07. The Bertz CT molecular complexity index is 1290. The maximum Gasteiger partial charge on any atom is 0.291 e. The minimum Gasteiger partial charge on any atom is -0.459 e. The minimum absolute atomic E-state index is 0.159. The molecular formula is C23H17F2N3O3S. The first kappa shape index (κ1) is 21.4. The van der Waals surface area contributed by atoms with E-state index in [4.69, 9.17) is 4.42 Å². The van der Waals surface area contributed by atoms with Crippen LogP contribution >= 0.6 is 11.3 Å². The van der Waals surface area contributed by atoms with E-state index in [2.05, 4.69) is 15.6 Å². The molecule has 2 aromatic carbocycles. The maximum atomic E-state index is 13.9. The number of furan rings is 1. The van der Waals surface area contributed by atoms with Crippen LogP contribution in [0.2, 0.25) is 0 Å². The van der Waals surface area contributed by atoms with Crippen molar-refractivity contribution in [1.82, 2.24) is 4.98 Å². The molecule has 0 radical (unpaired) electrons. The Hall–Kier alpha value is -3.85. The van der Waals surface area contributed by atoms with Crippen LogP contribution in [0.25, 0.3) is 0 Å². The lowest BCUT2D eigenvalue weighted by Crippen LogP contribution is -2.15. The molecule has 32 heavy (non-hydrogen) atoms. The molecule has 2 heterocycles. The summed E-state index contributed by atoms with van der Waals surface area (Å²) in [5, 5.41) is 5.77. The van der Waals surface area contributed by atoms with Crippen molar-refractivity contribution in [2.45, 2.75) is 13.3 Å². The highest BCUT2D eigenvalue weighted by Crippen LogP contribution is 2.24. The molecule has 0 fully saturated rings. The molecule has 0 bridgehead atoms. The van der Waals surface area contributed by atoms with Gasteiger partial charge in [0.1, 0.15) is 11.6 Å². The molecule has 4 aromatic rings. The van der Waals surface area contributed by atoms with Crippen LogP contribution in [-0.4, -0.2) is 16.8 Å². The summed E-state index contributed by atoms with van der Waals surface area (Å²) < 4.78 is 32.0. The third-order valence-electron chi connectivity index (χ3n) is 4.65. The third kappa shape index (κ3) is 4.89. The molecule has 2 N–H and O–H groups in total. The van der Waals surface area contributed by atoms with Gasteiger partial charge in [-0.05, 0) is 48.4 Å². The fourth-order valence-electron chi connectivity index (χ4n) is 2.96. The smallest absolute Gasteiger partial charge is 0.291 e. The number of thiazole rings is 1. The summed E-state index contributed by atoms with van der Waals surface area (Å²) in [6, 6.07) is 11.5. The van der Waals surface area contributed by atoms with Gasteiger partial charge in [-0.1, -0.05) is 12.1 Å². The predicted molar refractivity (Wildman–Crippen MR) is 117 cm³/mol. The van der Waals surface area contributed by atoms with Crippen LogP contribution in [0.3, 0.4) is 0 Å². The number of rotatable bonds is 6. The molecule has 6 nitrogen and oxygen atoms in total. The van der Waals surface area contributed by atoms with Gasteiger partial charge in [0.2, 0.25) is 0 Å². The predicted octanol–water partition coefficient (Wildman–Crippen LogP) is 5.42. The number of nitrogens with one attached hydrogen (secondary N) is 2. The molecule has 0 saturated carbocycles. The van der Waals surface area contributed by atoms with Gasteiger partial charge in [0.25, 0.3) is 11.8 Å². The van der Waals surface area contributed by atoms with E-state index in [1.807, 2.05) is 0 Å². The zero-order valence-corrected chi connectivity index (χ0v) is 17.6. The number of nitrogens with zero attached hydrogens (tertiary/aromatic N) is 1. The largest absolute Gasteiger partial charge is 0.459 e. The molecule has 0 saturated heterocycles. The topological polar surface area (TPSA) is 84.2 Å². The Kier molecular flexibility index (Phi) is 6.09. The van der Waals surface area contributed by atoms with Gasteiger partial charge in [-0.2, -0.15) is 0 Å². The minimum atomic E-state index is -0.638. The number of aryl methyl sites for hydroxylation is 1. The van der Waals surface area contributed by atoms with Crippen molar-refractivity contribution in [3.8, 4) is 0 Å². The van der Waals surface area contributed by atoms with Crippen molar-refractivity contribution in [2.75, 3.05) is 10.6 Å². The van der Waals surface area contributed by atoms with Crippen LogP contribution in [0.5, 0.6) is 0 Å². The van der Waals surface area contributed by atoms with Crippen molar-refractivity contribution < 1.29 is 22.8 Å². The van der Waals surface area contributed by atoms with E-state index in [1.54, 1.807) is 37.3 Å². The van der Waals surface area contributed by atoms with Crippen molar-refractivity contribution in [2.24, 2.45) is 0 Å². The normalized spacial score (nSPS) is 10.7. The van der Waals surface area contributed by atoms with Gasteiger partial charge in [0, 0.05) is 34.8 Å². The summed E-state index contributed by atoms with van der Waals surface area (Å²) in [5.74, 6) is -1.94. The number of halogens is 2. The Balaban J connectivity index is 1.44. The Morgan fingerprint density at radius 3 is 2.66 bits per heavy atom. The highest BCUT2D eigenvalue weighted by atomic mass is 32.1. The van der Waals surface area contributed by atoms with Crippen LogP contribution in [0.4, 0.5) is 19.6 Å². The summed E-state index contributed by atoms with van der Waals surface area (Å²) >= 11 is 1.19. The Morgan fingerprint density at radius 1 is 1.06 bits per heavy atom. The average molecular weight is 453 g/mol. The first-order valence-electron chi connectivity index (χ1n) is 9.54. The number of amides is 2. The van der Waals surface area contributed by atoms with E-state index in [0.29, 0.717) is 26.8 Å². The van der Waals surface area contributed by atoms with Crippen molar-refractivity contribution in [3.05, 3.63) is 100.0 Å². The van der Waals surface area contributed by atoms with Gasteiger partial charge in [0.05, 0.1) is 6.26 Å².